The Labute approximate surface area is 395 Å². The molecule has 0 spiro atoms. The van der Waals surface area contributed by atoms with Crippen molar-refractivity contribution in [1.82, 2.24) is 0 Å². The topological polar surface area (TPSA) is 0 Å². The van der Waals surface area contributed by atoms with Gasteiger partial charge in [0, 0.05) is 0 Å². The molecule has 2 aliphatic rings. The molecule has 65 heavy (non-hydrogen) atoms. The quantitative estimate of drug-likeness (QED) is 0.115. The van der Waals surface area contributed by atoms with Gasteiger partial charge in [-0.3, -0.25) is 0 Å². The van der Waals surface area contributed by atoms with E-state index in [-0.39, 0.29) is 0 Å². The molecule has 11 aromatic rings. The Morgan fingerprint density at radius 1 is 0.277 bits per heavy atom. The van der Waals surface area contributed by atoms with Gasteiger partial charge in [0.1, 0.15) is 0 Å². The van der Waals surface area contributed by atoms with Crippen LogP contribution in [-0.4, -0.2) is 31.9 Å². The molecule has 0 bridgehead atoms. The monoisotopic (exact) mass is 948 g/mol. The van der Waals surface area contributed by atoms with Gasteiger partial charge in [0.15, 0.2) is 0 Å². The zero-order chi connectivity index (χ0) is 43.1. The van der Waals surface area contributed by atoms with Crippen molar-refractivity contribution in [3.63, 3.8) is 0 Å². The predicted molar refractivity (Wildman–Crippen MR) is 283 cm³/mol. The molecule has 0 radical (unpaired) electrons. The van der Waals surface area contributed by atoms with Gasteiger partial charge in [-0.15, -0.1) is 0 Å². The van der Waals surface area contributed by atoms with Crippen LogP contribution >= 0.6 is 0 Å². The van der Waals surface area contributed by atoms with E-state index in [9.17, 15) is 0 Å². The molecule has 0 unspecified atom stereocenters. The van der Waals surface area contributed by atoms with E-state index < -0.39 is 20.8 Å². The normalized spacial score (nSPS) is 13.5. The van der Waals surface area contributed by atoms with Gasteiger partial charge in [0.2, 0.25) is 0 Å². The van der Waals surface area contributed by atoms with Crippen molar-refractivity contribution >= 4 is 66.7 Å². The van der Waals surface area contributed by atoms with E-state index in [4.69, 9.17) is 0 Å². The Bertz CT molecular complexity index is 3660. The molecule has 11 aromatic carbocycles. The van der Waals surface area contributed by atoms with Crippen LogP contribution in [0.15, 0.2) is 237 Å². The van der Waals surface area contributed by atoms with Crippen molar-refractivity contribution in [2.75, 3.05) is 0 Å². The van der Waals surface area contributed by atoms with E-state index >= 15 is 0 Å². The number of fused-ring (bicyclic) bond motifs is 8. The van der Waals surface area contributed by atoms with Crippen LogP contribution in [0.5, 0.6) is 0 Å². The second-order valence-corrected chi connectivity index (χ2v) is 24.0. The fourth-order valence-electron chi connectivity index (χ4n) is 11.9. The van der Waals surface area contributed by atoms with E-state index in [2.05, 4.69) is 237 Å². The minimum atomic E-state index is -1.12. The maximum absolute atomic E-state index is 2.54. The van der Waals surface area contributed by atoms with E-state index in [1.807, 2.05) is 0 Å². The zero-order valence-electron chi connectivity index (χ0n) is 36.2. The SMILES string of the molecule is [GeH3][c]1ccccc1-c1ccccc1-c1cccc2c(-c3cccc4c3-c3ccccc3C4(c3ccccc3)c3ccccc3)c3cccc(-c4ccc[c]5c4-c4cccc[c]4[GeH2]5)c3cc12. The van der Waals surface area contributed by atoms with Gasteiger partial charge in [-0.2, -0.15) is 0 Å². The van der Waals surface area contributed by atoms with Crippen molar-refractivity contribution in [3.8, 4) is 66.8 Å². The second kappa shape index (κ2) is 15.3. The van der Waals surface area contributed by atoms with Crippen LogP contribution in [0.2, 0.25) is 0 Å². The molecule has 1 aliphatic carbocycles. The van der Waals surface area contributed by atoms with E-state index in [0.29, 0.717) is 16.5 Å². The summed E-state index contributed by atoms with van der Waals surface area (Å²) in [5, 5.41) is 5.11. The molecule has 0 fully saturated rings. The first kappa shape index (κ1) is 38.5. The zero-order valence-corrected chi connectivity index (χ0v) is 43.4. The van der Waals surface area contributed by atoms with Crippen LogP contribution in [0, 0.1) is 0 Å². The van der Waals surface area contributed by atoms with Gasteiger partial charge >= 0.3 is 331 Å². The van der Waals surface area contributed by atoms with E-state index in [1.54, 1.807) is 8.79 Å². The van der Waals surface area contributed by atoms with Crippen molar-refractivity contribution in [2.45, 2.75) is 5.41 Å². The number of benzene rings is 11. The summed E-state index contributed by atoms with van der Waals surface area (Å²) < 4.78 is 4.64. The van der Waals surface area contributed by atoms with Gasteiger partial charge in [-0.1, -0.05) is 66.7 Å². The Hall–Kier alpha value is -6.97. The number of rotatable bonds is 6. The van der Waals surface area contributed by atoms with Crippen LogP contribution in [0.25, 0.3) is 88.3 Å². The maximum atomic E-state index is 2.54. The first-order valence-corrected chi connectivity index (χ1v) is 28.0. The summed E-state index contributed by atoms with van der Waals surface area (Å²) in [5.74, 6) is 0. The molecule has 13 rings (SSSR count). The Morgan fingerprint density at radius 3 is 1.43 bits per heavy atom. The average Bonchev–Trinajstić information content (AvgIpc) is 3.91. The van der Waals surface area contributed by atoms with E-state index in [1.165, 1.54) is 115 Å². The third-order valence-corrected chi connectivity index (χ3v) is 20.5. The van der Waals surface area contributed by atoms with Gasteiger partial charge in [-0.25, -0.2) is 0 Å². The van der Waals surface area contributed by atoms with Crippen LogP contribution < -0.4 is 13.2 Å². The predicted octanol–water partition coefficient (Wildman–Crippen LogP) is 12.1. The first-order valence-electron chi connectivity index (χ1n) is 22.9. The van der Waals surface area contributed by atoms with Crippen molar-refractivity contribution in [3.05, 3.63) is 259 Å². The number of hydrogen-bond acceptors (Lipinski definition) is 0. The molecule has 0 atom stereocenters. The summed E-state index contributed by atoms with van der Waals surface area (Å²) in [4.78, 5) is 0. The standard InChI is InChI=1S/C63H44Ge2/c64-57-36-13-10-25-46(57)43-24-8-7-23-42(43)44-28-15-30-48-53(44)39-54-45(47-32-18-38-59-62(47)51-27-11-14-37-58(51)65-59)29-16-31-49(54)60(48)52-33-17-35-56-61(52)50-26-9-12-34-55(50)63(56,40-19-3-1-4-20-40)41-21-5-2-6-22-41/h1-39H,65H2,64H3. The second-order valence-electron chi connectivity index (χ2n) is 17.8. The molecule has 2 heteroatoms. The fourth-order valence-corrected chi connectivity index (χ4v) is 17.3. The van der Waals surface area contributed by atoms with Crippen LogP contribution in [0.3, 0.4) is 0 Å². The summed E-state index contributed by atoms with van der Waals surface area (Å²) in [5.41, 5.74) is 20.6. The van der Waals surface area contributed by atoms with Crippen molar-refractivity contribution < 1.29 is 0 Å². The summed E-state index contributed by atoms with van der Waals surface area (Å²) in [6.45, 7) is 0. The number of hydrogen-bond donors (Lipinski definition) is 0. The molecule has 1 aliphatic heterocycles. The van der Waals surface area contributed by atoms with Crippen LogP contribution in [-0.2, 0) is 5.41 Å². The third kappa shape index (κ3) is 5.77. The van der Waals surface area contributed by atoms with Crippen LogP contribution in [0.1, 0.15) is 22.3 Å². The Balaban J connectivity index is 1.18. The first-order chi connectivity index (χ1) is 32.2. The Kier molecular flexibility index (Phi) is 9.08. The van der Waals surface area contributed by atoms with Crippen molar-refractivity contribution in [2.24, 2.45) is 0 Å². The average molecular weight is 946 g/mol. The summed E-state index contributed by atoms with van der Waals surface area (Å²) in [7, 11) is 0. The van der Waals surface area contributed by atoms with Gasteiger partial charge in [0.25, 0.3) is 0 Å². The third-order valence-electron chi connectivity index (χ3n) is 14.6. The molecular weight excluding hydrogens is 902 g/mol. The molecule has 304 valence electrons. The molecule has 0 saturated heterocycles. The minimum absolute atomic E-state index is 0.499. The van der Waals surface area contributed by atoms with E-state index in [0.717, 1.165) is 0 Å². The molecular formula is C63H44Ge2. The molecule has 0 N–H and O–H groups in total. The summed E-state index contributed by atoms with van der Waals surface area (Å²) in [6, 6.07) is 89.8. The summed E-state index contributed by atoms with van der Waals surface area (Å²) in [6.07, 6.45) is 0. The molecule has 0 amide bonds. The molecule has 0 aromatic heterocycles. The van der Waals surface area contributed by atoms with Crippen LogP contribution in [0.4, 0.5) is 0 Å². The molecule has 1 heterocycles. The van der Waals surface area contributed by atoms with Gasteiger partial charge in [0.05, 0.1) is 0 Å². The Morgan fingerprint density at radius 2 is 0.738 bits per heavy atom. The van der Waals surface area contributed by atoms with Gasteiger partial charge < -0.3 is 0 Å². The van der Waals surface area contributed by atoms with Gasteiger partial charge in [-0.05, 0) is 0 Å². The molecule has 0 saturated carbocycles. The fraction of sp³-hybridized carbons (Fsp3) is 0.0159. The molecule has 0 nitrogen and oxygen atoms in total. The van der Waals surface area contributed by atoms with Crippen molar-refractivity contribution in [1.29, 1.82) is 0 Å². The summed E-state index contributed by atoms with van der Waals surface area (Å²) >= 11 is -0.589.